The quantitative estimate of drug-likeness (QED) is 0.640. The molecule has 0 aliphatic carbocycles. The Morgan fingerprint density at radius 3 is 2.38 bits per heavy atom. The highest BCUT2D eigenvalue weighted by atomic mass is 19.4. The van der Waals surface area contributed by atoms with Gasteiger partial charge < -0.3 is 15.0 Å². The van der Waals surface area contributed by atoms with Gasteiger partial charge in [0.1, 0.15) is 12.3 Å². The number of carbonyl (C=O) groups is 2. The Bertz CT molecular complexity index is 1020. The molecule has 0 saturated heterocycles. The molecule has 29 heavy (non-hydrogen) atoms. The van der Waals surface area contributed by atoms with Gasteiger partial charge in [0.05, 0.1) is 18.1 Å². The maximum Gasteiger partial charge on any atom is 0.471 e. The van der Waals surface area contributed by atoms with Crippen LogP contribution in [0.1, 0.15) is 21.9 Å². The largest absolute Gasteiger partial charge is 0.471 e. The minimum Gasteiger partial charge on any atom is -0.444 e. The van der Waals surface area contributed by atoms with Crippen LogP contribution in [0.15, 0.2) is 35.2 Å². The molecule has 2 amide bonds. The molecule has 3 rings (SSSR count). The maximum atomic E-state index is 12.5. The normalized spacial score (nSPS) is 11.1. The Balaban J connectivity index is 1.55. The zero-order valence-electron chi connectivity index (χ0n) is 14.2. The first kappa shape index (κ1) is 19.7. The van der Waals surface area contributed by atoms with E-state index >= 15 is 0 Å². The molecule has 150 valence electrons. The fourth-order valence-electron chi connectivity index (χ4n) is 1.90. The highest BCUT2D eigenvalue weighted by Gasteiger charge is 2.38. The second-order valence-corrected chi connectivity index (χ2v) is 5.33. The number of nitrogens with zero attached hydrogens (tertiary/aromatic N) is 5. The van der Waals surface area contributed by atoms with Gasteiger partial charge in [-0.1, -0.05) is 11.2 Å². The minimum absolute atomic E-state index is 0.0689. The third-order valence-electron chi connectivity index (χ3n) is 3.21. The number of rotatable bonds is 5. The molecule has 14 heteroatoms. The number of carbonyl (C=O) groups excluding carboxylic acids is 2. The topological polar surface area (TPSA) is 159 Å². The van der Waals surface area contributed by atoms with Crippen molar-refractivity contribution in [1.82, 2.24) is 25.1 Å². The van der Waals surface area contributed by atoms with Crippen LogP contribution in [0.5, 0.6) is 0 Å². The monoisotopic (exact) mass is 409 g/mol. The standard InChI is InChI=1S/C15H10F3N7O4/c16-15(17,18)13-24-12(25-29-13)11-21-4-8(5-22-11)23-14(27)28-6-7-1-2-9(10(19)26)20-3-7/h1-5H,6H2,(H2,19,26)(H,23,27). The fraction of sp³-hybridized carbons (Fsp3) is 0.133. The minimum atomic E-state index is -4.79. The van der Waals surface area contributed by atoms with Gasteiger partial charge in [-0.25, -0.2) is 14.8 Å². The van der Waals surface area contributed by atoms with Gasteiger partial charge in [0, 0.05) is 11.8 Å². The summed E-state index contributed by atoms with van der Waals surface area (Å²) in [6, 6.07) is 2.89. The molecule has 0 atom stereocenters. The Labute approximate surface area is 159 Å². The highest BCUT2D eigenvalue weighted by Crippen LogP contribution is 2.28. The van der Waals surface area contributed by atoms with Gasteiger partial charge in [0.15, 0.2) is 0 Å². The van der Waals surface area contributed by atoms with Crippen LogP contribution in [-0.4, -0.2) is 37.1 Å². The maximum absolute atomic E-state index is 12.5. The van der Waals surface area contributed by atoms with Crippen molar-refractivity contribution in [3.05, 3.63) is 47.9 Å². The molecular formula is C15H10F3N7O4. The van der Waals surface area contributed by atoms with Crippen LogP contribution >= 0.6 is 0 Å². The average Bonchev–Trinajstić information content (AvgIpc) is 3.18. The predicted molar refractivity (Wildman–Crippen MR) is 86.9 cm³/mol. The lowest BCUT2D eigenvalue weighted by molar-refractivity contribution is -0.159. The van der Waals surface area contributed by atoms with E-state index in [4.69, 9.17) is 10.5 Å². The highest BCUT2D eigenvalue weighted by molar-refractivity contribution is 5.90. The Morgan fingerprint density at radius 2 is 1.83 bits per heavy atom. The van der Waals surface area contributed by atoms with Gasteiger partial charge in [-0.3, -0.25) is 15.1 Å². The van der Waals surface area contributed by atoms with Gasteiger partial charge in [-0.2, -0.15) is 18.2 Å². The molecule has 0 saturated carbocycles. The number of nitrogens with two attached hydrogens (primary N) is 1. The van der Waals surface area contributed by atoms with Crippen LogP contribution < -0.4 is 11.1 Å². The number of primary amides is 1. The van der Waals surface area contributed by atoms with Crippen molar-refractivity contribution in [2.45, 2.75) is 12.8 Å². The van der Waals surface area contributed by atoms with E-state index in [1.807, 2.05) is 0 Å². The van der Waals surface area contributed by atoms with Crippen molar-refractivity contribution in [2.75, 3.05) is 5.32 Å². The van der Waals surface area contributed by atoms with Crippen molar-refractivity contribution < 1.29 is 32.0 Å². The number of anilines is 1. The van der Waals surface area contributed by atoms with Crippen molar-refractivity contribution in [2.24, 2.45) is 5.73 Å². The lowest BCUT2D eigenvalue weighted by Crippen LogP contribution is -2.15. The number of aromatic nitrogens is 5. The number of alkyl halides is 3. The van der Waals surface area contributed by atoms with Crippen LogP contribution in [0, 0.1) is 0 Å². The molecule has 0 radical (unpaired) electrons. The molecule has 0 aliphatic rings. The van der Waals surface area contributed by atoms with Crippen LogP contribution in [-0.2, 0) is 17.5 Å². The lowest BCUT2D eigenvalue weighted by Gasteiger charge is -2.07. The van der Waals surface area contributed by atoms with Crippen molar-refractivity contribution >= 4 is 17.7 Å². The fourth-order valence-corrected chi connectivity index (χ4v) is 1.90. The van der Waals surface area contributed by atoms with Gasteiger partial charge in [-0.05, 0) is 6.07 Å². The molecule has 3 heterocycles. The molecule has 0 unspecified atom stereocenters. The first-order valence-corrected chi connectivity index (χ1v) is 7.64. The summed E-state index contributed by atoms with van der Waals surface area (Å²) in [5.41, 5.74) is 5.76. The number of hydrogen-bond acceptors (Lipinski definition) is 9. The number of pyridine rings is 1. The first-order chi connectivity index (χ1) is 13.7. The van der Waals surface area contributed by atoms with E-state index < -0.39 is 29.9 Å². The summed E-state index contributed by atoms with van der Waals surface area (Å²) in [6.45, 7) is -0.139. The lowest BCUT2D eigenvalue weighted by atomic mass is 10.2. The molecule has 3 N–H and O–H groups in total. The van der Waals surface area contributed by atoms with Gasteiger partial charge in [-0.15, -0.1) is 0 Å². The van der Waals surface area contributed by atoms with Crippen LogP contribution in [0.4, 0.5) is 23.7 Å². The molecule has 0 aliphatic heterocycles. The summed E-state index contributed by atoms with van der Waals surface area (Å²) in [7, 11) is 0. The van der Waals surface area contributed by atoms with E-state index in [1.54, 1.807) is 0 Å². The van der Waals surface area contributed by atoms with Crippen molar-refractivity contribution in [3.8, 4) is 11.6 Å². The molecule has 0 bridgehead atoms. The summed E-state index contributed by atoms with van der Waals surface area (Å²) < 4.78 is 46.4. The van der Waals surface area contributed by atoms with E-state index in [2.05, 4.69) is 34.9 Å². The number of ether oxygens (including phenoxy) is 1. The SMILES string of the molecule is NC(=O)c1ccc(COC(=O)Nc2cnc(-c3noc(C(F)(F)F)n3)nc2)cn1. The van der Waals surface area contributed by atoms with Crippen LogP contribution in [0.2, 0.25) is 0 Å². The van der Waals surface area contributed by atoms with E-state index in [1.165, 1.54) is 18.3 Å². The zero-order valence-corrected chi connectivity index (χ0v) is 14.2. The molecule has 11 nitrogen and oxygen atoms in total. The third-order valence-corrected chi connectivity index (χ3v) is 3.21. The van der Waals surface area contributed by atoms with Gasteiger partial charge >= 0.3 is 18.2 Å². The van der Waals surface area contributed by atoms with Gasteiger partial charge in [0.2, 0.25) is 11.6 Å². The number of halogens is 3. The zero-order chi connectivity index (χ0) is 21.0. The summed E-state index contributed by atoms with van der Waals surface area (Å²) in [5.74, 6) is -2.91. The molecule has 0 spiro atoms. The second-order valence-electron chi connectivity index (χ2n) is 5.33. The Hall–Kier alpha value is -4.10. The molecular weight excluding hydrogens is 399 g/mol. The second kappa shape index (κ2) is 7.87. The Kier molecular flexibility index (Phi) is 5.34. The molecule has 0 aromatic carbocycles. The van der Waals surface area contributed by atoms with E-state index in [-0.39, 0.29) is 23.8 Å². The van der Waals surface area contributed by atoms with Crippen LogP contribution in [0.3, 0.4) is 0 Å². The summed E-state index contributed by atoms with van der Waals surface area (Å²) in [6.07, 6.45) is -2.07. The smallest absolute Gasteiger partial charge is 0.444 e. The summed E-state index contributed by atoms with van der Waals surface area (Å²) in [5, 5.41) is 5.47. The average molecular weight is 409 g/mol. The summed E-state index contributed by atoms with van der Waals surface area (Å²) >= 11 is 0. The molecule has 3 aromatic rings. The number of nitrogens with one attached hydrogen (secondary N) is 1. The third kappa shape index (κ3) is 5.00. The van der Waals surface area contributed by atoms with E-state index in [0.29, 0.717) is 5.56 Å². The number of hydrogen-bond donors (Lipinski definition) is 2. The van der Waals surface area contributed by atoms with Crippen molar-refractivity contribution in [3.63, 3.8) is 0 Å². The molecule has 0 fully saturated rings. The Morgan fingerprint density at radius 1 is 1.10 bits per heavy atom. The predicted octanol–water partition coefficient (Wildman–Crippen LogP) is 1.79. The van der Waals surface area contributed by atoms with Gasteiger partial charge in [0.25, 0.3) is 5.91 Å². The van der Waals surface area contributed by atoms with Crippen molar-refractivity contribution in [1.29, 1.82) is 0 Å². The molecule has 3 aromatic heterocycles. The van der Waals surface area contributed by atoms with E-state index in [9.17, 15) is 22.8 Å². The number of amides is 2. The summed E-state index contributed by atoms with van der Waals surface area (Å²) in [4.78, 5) is 37.2. The van der Waals surface area contributed by atoms with E-state index in [0.717, 1.165) is 12.4 Å². The van der Waals surface area contributed by atoms with Crippen LogP contribution in [0.25, 0.3) is 11.6 Å². The first-order valence-electron chi connectivity index (χ1n) is 7.64.